The van der Waals surface area contributed by atoms with Gasteiger partial charge in [-0.2, -0.15) is 0 Å². The number of aliphatic carboxylic acids is 1. The van der Waals surface area contributed by atoms with E-state index in [-0.39, 0.29) is 46.9 Å². The molecule has 10 rings (SSSR count). The molecule has 1 aliphatic carbocycles. The number of aromatic nitrogens is 7. The molecule has 1 fully saturated rings. The number of carboxylic acids is 1. The number of rotatable bonds is 11. The Hall–Kier alpha value is -7.84. The van der Waals surface area contributed by atoms with Gasteiger partial charge < -0.3 is 46.3 Å². The zero-order chi connectivity index (χ0) is 60.1. The topological polar surface area (TPSA) is 341 Å². The fourth-order valence-corrected chi connectivity index (χ4v) is 14.9. The van der Waals surface area contributed by atoms with Crippen LogP contribution in [0.25, 0.3) is 43.4 Å². The zero-order valence-corrected chi connectivity index (χ0v) is 50.9. The molecular formula is C55H55N13O11S6. The summed E-state index contributed by atoms with van der Waals surface area (Å²) < 4.78 is 11.1. The van der Waals surface area contributed by atoms with Crippen LogP contribution in [0.5, 0.6) is 0 Å². The van der Waals surface area contributed by atoms with Crippen LogP contribution in [0.1, 0.15) is 132 Å². The van der Waals surface area contributed by atoms with Gasteiger partial charge in [0.05, 0.1) is 48.1 Å². The number of carboxylic acid groups (broad SMARTS) is 1. The molecule has 8 aromatic rings. The summed E-state index contributed by atoms with van der Waals surface area (Å²) in [5.74, 6) is -4.29. The van der Waals surface area contributed by atoms with E-state index >= 15 is 0 Å². The third kappa shape index (κ3) is 14.0. The van der Waals surface area contributed by atoms with Crippen molar-refractivity contribution in [2.45, 2.75) is 89.8 Å². The molecule has 0 spiro atoms. The molecule has 0 radical (unpaired) electrons. The molecule has 8 N–H and O–H groups in total. The van der Waals surface area contributed by atoms with E-state index in [1.54, 1.807) is 70.9 Å². The smallest absolute Gasteiger partial charge is 0.413 e. The number of nitrogens with zero attached hydrogens (tertiary/aromatic N) is 7. The van der Waals surface area contributed by atoms with Crippen LogP contribution in [-0.4, -0.2) is 114 Å². The first-order chi connectivity index (χ1) is 40.9. The molecule has 6 amide bonds. The lowest BCUT2D eigenvalue weighted by Gasteiger charge is -2.25. The number of fused-ring (bicyclic) bond motifs is 14. The van der Waals surface area contributed by atoms with Gasteiger partial charge in [-0.05, 0) is 56.2 Å². The largest absolute Gasteiger partial charge is 0.481 e. The van der Waals surface area contributed by atoms with Crippen LogP contribution >= 0.6 is 68.0 Å². The normalized spacial score (nSPS) is 19.0. The Morgan fingerprint density at radius 3 is 2.14 bits per heavy atom. The van der Waals surface area contributed by atoms with E-state index < -0.39 is 84.4 Å². The number of hydrogen-bond acceptors (Lipinski definition) is 23. The lowest BCUT2D eigenvalue weighted by atomic mass is 9.87. The summed E-state index contributed by atoms with van der Waals surface area (Å²) in [6.45, 7) is 4.94. The first-order valence-corrected chi connectivity index (χ1v) is 31.7. The fourth-order valence-electron chi connectivity index (χ4n) is 9.35. The Morgan fingerprint density at radius 2 is 1.40 bits per heavy atom. The Kier molecular flexibility index (Phi) is 18.9. The van der Waals surface area contributed by atoms with Crippen molar-refractivity contribution in [1.29, 1.82) is 0 Å². The van der Waals surface area contributed by atoms with Crippen LogP contribution in [0.15, 0.2) is 64.0 Å². The average molecular weight is 1270 g/mol. The molecule has 30 heteroatoms. The van der Waals surface area contributed by atoms with E-state index in [9.17, 15) is 43.8 Å². The van der Waals surface area contributed by atoms with Gasteiger partial charge >= 0.3 is 12.1 Å². The van der Waals surface area contributed by atoms with Crippen molar-refractivity contribution in [2.24, 2.45) is 11.8 Å². The second-order valence-electron chi connectivity index (χ2n) is 20.0. The second kappa shape index (κ2) is 26.6. The van der Waals surface area contributed by atoms with Crippen LogP contribution in [0.2, 0.25) is 0 Å². The Bertz CT molecular complexity index is 3790. The number of pyridine rings is 1. The monoisotopic (exact) mass is 1270 g/mol. The molecule has 1 unspecified atom stereocenters. The van der Waals surface area contributed by atoms with Gasteiger partial charge in [0.15, 0.2) is 0 Å². The van der Waals surface area contributed by atoms with Gasteiger partial charge in [-0.3, -0.25) is 34.1 Å². The van der Waals surface area contributed by atoms with Crippen molar-refractivity contribution >= 4 is 115 Å². The van der Waals surface area contributed by atoms with Gasteiger partial charge in [-0.15, -0.1) is 68.0 Å². The highest BCUT2D eigenvalue weighted by molar-refractivity contribution is 7.15. The maximum atomic E-state index is 14.3. The number of aliphatic hydroxyl groups excluding tert-OH is 1. The minimum atomic E-state index is -1.28. The highest BCUT2D eigenvalue weighted by Crippen LogP contribution is 2.40. The van der Waals surface area contributed by atoms with Gasteiger partial charge in [-0.25, -0.2) is 39.7 Å². The zero-order valence-electron chi connectivity index (χ0n) is 46.0. The number of methoxy groups -OCH3 is 1. The number of carbonyl (C=O) groups excluding carboxylic acids is 6. The summed E-state index contributed by atoms with van der Waals surface area (Å²) in [5.41, 5.74) is 2.60. The van der Waals surface area contributed by atoms with Crippen LogP contribution in [0.3, 0.4) is 0 Å². The minimum absolute atomic E-state index is 0.00207. The molecule has 4 atom stereocenters. The molecule has 442 valence electrons. The van der Waals surface area contributed by atoms with E-state index in [2.05, 4.69) is 46.9 Å². The van der Waals surface area contributed by atoms with Gasteiger partial charge in [0, 0.05) is 46.1 Å². The molecule has 1 aliphatic heterocycles. The molecule has 1 aromatic carbocycles. The standard InChI is InChI=1S/C55H55N13O11S6/c1-24(2)39-53-68-42(35(85-53)19-78-5)46(73)57-18-38(70)65-43(44(71)26-9-7-6-8-10-26)52-62-34(22-82-52)50-60-32(20-81-50)41-29(15-16-30(58-41)49-63-36(23-83-49)64-55(77)79-28-13-11-27(12-14-28)54(75)76)48-61-33(21-80-48)45(72)59-31(17-37(69)56-4)51-67-40(25(3)84-51)47(74)66-39/h6-10,15-16,20-24,27-28,31,39,43-44,71H,11-14,17-19H2,1-5H3,(H,56,69)(H,57,73)(H,59,72)(H,64,77)(H,65,70)(H,66,74)(H,75,76)/t27?,28?,31-,39-,43?,44-/m0/s1. The number of anilines is 1. The van der Waals surface area contributed by atoms with E-state index in [1.165, 1.54) is 59.5 Å². The van der Waals surface area contributed by atoms with Gasteiger partial charge in [-0.1, -0.05) is 44.2 Å². The van der Waals surface area contributed by atoms with Crippen LogP contribution in [0, 0.1) is 18.8 Å². The number of hydrogen-bond donors (Lipinski definition) is 8. The maximum Gasteiger partial charge on any atom is 0.413 e. The van der Waals surface area contributed by atoms with E-state index in [0.717, 1.165) is 22.7 Å². The van der Waals surface area contributed by atoms with Gasteiger partial charge in [0.25, 0.3) is 17.7 Å². The van der Waals surface area contributed by atoms with Crippen molar-refractivity contribution in [3.63, 3.8) is 0 Å². The van der Waals surface area contributed by atoms with Crippen molar-refractivity contribution in [3.05, 3.63) is 111 Å². The molecule has 0 saturated heterocycles. The summed E-state index contributed by atoms with van der Waals surface area (Å²) in [7, 11) is 2.93. The minimum Gasteiger partial charge on any atom is -0.481 e. The summed E-state index contributed by atoms with van der Waals surface area (Å²) in [4.78, 5) is 129. The maximum absolute atomic E-state index is 14.3. The SMILES string of the molecule is CNC(=O)C[C@@H]1NC(=O)c2csc(n2)-c2ccc(-c3nc(NC(=O)OC4CCC(C(=O)O)CC4)cs3)nc2-c2csc(n2)-c2csc(n2)C([C@@H](O)c2ccccc2)NC(=O)CNC(=O)c2nc(sc2COC)[C@H](C(C)C)NC(=O)c2nc1sc2C. The number of amides is 6. The highest BCUT2D eigenvalue weighted by atomic mass is 32.1. The van der Waals surface area contributed by atoms with E-state index in [0.29, 0.717) is 94.4 Å². The molecule has 10 bridgehead atoms. The van der Waals surface area contributed by atoms with Crippen LogP contribution < -0.4 is 31.9 Å². The molecule has 85 heavy (non-hydrogen) atoms. The summed E-state index contributed by atoms with van der Waals surface area (Å²) in [6, 6.07) is 9.42. The number of aryl methyl sites for hydroxylation is 1. The van der Waals surface area contributed by atoms with E-state index in [1.807, 2.05) is 13.8 Å². The van der Waals surface area contributed by atoms with Crippen molar-refractivity contribution < 1.29 is 53.2 Å². The van der Waals surface area contributed by atoms with Gasteiger partial charge in [0.2, 0.25) is 11.8 Å². The number of nitrogens with one attached hydrogen (secondary N) is 6. The van der Waals surface area contributed by atoms with Crippen molar-refractivity contribution in [1.82, 2.24) is 61.5 Å². The summed E-state index contributed by atoms with van der Waals surface area (Å²) >= 11 is 7.11. The fraction of sp³-hybridized carbons (Fsp3) is 0.345. The predicted octanol–water partition coefficient (Wildman–Crippen LogP) is 8.50. The first-order valence-electron chi connectivity index (χ1n) is 26.6. The van der Waals surface area contributed by atoms with Crippen molar-refractivity contribution in [2.75, 3.05) is 26.0 Å². The quantitative estimate of drug-likeness (QED) is 0.0601. The number of benzene rings is 1. The van der Waals surface area contributed by atoms with Crippen LogP contribution in [0.4, 0.5) is 10.6 Å². The molecule has 2 aliphatic rings. The second-order valence-corrected chi connectivity index (χ2v) is 25.8. The lowest BCUT2D eigenvalue weighted by molar-refractivity contribution is -0.143. The Balaban J connectivity index is 1.02. The third-order valence-electron chi connectivity index (χ3n) is 13.8. The summed E-state index contributed by atoms with van der Waals surface area (Å²) in [5, 5.41) is 47.1. The summed E-state index contributed by atoms with van der Waals surface area (Å²) in [6.07, 6.45) is -1.01. The first kappa shape index (κ1) is 60.3. The number of carbonyl (C=O) groups is 7. The lowest BCUT2D eigenvalue weighted by Crippen LogP contribution is -2.40. The number of aliphatic hydroxyl groups is 1. The molecule has 1 saturated carbocycles. The van der Waals surface area contributed by atoms with Crippen LogP contribution in [-0.2, 0) is 30.5 Å². The Labute approximate surface area is 509 Å². The van der Waals surface area contributed by atoms with E-state index in [4.69, 9.17) is 29.4 Å². The van der Waals surface area contributed by atoms with Crippen molar-refractivity contribution in [3.8, 4) is 43.4 Å². The molecule has 7 aromatic heterocycles. The number of ether oxygens (including phenoxy) is 2. The highest BCUT2D eigenvalue weighted by Gasteiger charge is 2.34. The van der Waals surface area contributed by atoms with Gasteiger partial charge in [0.1, 0.15) is 88.3 Å². The molecule has 24 nitrogen and oxygen atoms in total. The number of thiazole rings is 6. The average Bonchev–Trinajstić information content (AvgIpc) is 4.56. The molecular weight excluding hydrogens is 1210 g/mol. The predicted molar refractivity (Wildman–Crippen MR) is 320 cm³/mol. The Morgan fingerprint density at radius 1 is 0.694 bits per heavy atom. The third-order valence-corrected chi connectivity index (χ3v) is 19.5. The molecule has 8 heterocycles.